The zero-order valence-corrected chi connectivity index (χ0v) is 14.2. The fraction of sp³-hybridized carbons (Fsp3) is 0.867. The Bertz CT molecular complexity index is 381. The highest BCUT2D eigenvalue weighted by Gasteiger charge is 2.30. The number of piperidine rings is 1. The van der Waals surface area contributed by atoms with Crippen LogP contribution in [-0.4, -0.2) is 65.8 Å². The number of carbonyl (C=O) groups is 1. The van der Waals surface area contributed by atoms with Crippen LogP contribution >= 0.6 is 12.2 Å². The number of amides is 1. The molecule has 2 heterocycles. The normalized spacial score (nSPS) is 21.3. The number of ether oxygens (including phenoxy) is 1. The lowest BCUT2D eigenvalue weighted by Crippen LogP contribution is -2.50. The minimum Gasteiger partial charge on any atom is -0.444 e. The zero-order chi connectivity index (χ0) is 15.5. The number of rotatable bonds is 1. The van der Waals surface area contributed by atoms with Crippen molar-refractivity contribution in [2.45, 2.75) is 39.2 Å². The van der Waals surface area contributed by atoms with E-state index in [1.165, 1.54) is 0 Å². The third-order valence-corrected chi connectivity index (χ3v) is 4.52. The Morgan fingerprint density at radius 2 is 1.67 bits per heavy atom. The van der Waals surface area contributed by atoms with E-state index in [2.05, 4.69) is 10.2 Å². The second-order valence-corrected chi connectivity index (χ2v) is 7.24. The highest BCUT2D eigenvalue weighted by atomic mass is 32.1. The fourth-order valence-corrected chi connectivity index (χ4v) is 3.20. The number of carbonyl (C=O) groups excluding carboxylic acids is 1. The molecule has 0 bridgehead atoms. The third-order valence-electron chi connectivity index (χ3n) is 3.92. The van der Waals surface area contributed by atoms with Gasteiger partial charge in [-0.2, -0.15) is 0 Å². The molecule has 0 atom stereocenters. The van der Waals surface area contributed by atoms with Gasteiger partial charge in [-0.1, -0.05) is 12.2 Å². The molecule has 0 radical (unpaired) electrons. The van der Waals surface area contributed by atoms with Crippen molar-refractivity contribution >= 4 is 23.3 Å². The van der Waals surface area contributed by atoms with Crippen LogP contribution in [0.15, 0.2) is 0 Å². The van der Waals surface area contributed by atoms with Gasteiger partial charge in [-0.25, -0.2) is 4.79 Å². The minimum atomic E-state index is -0.427. The Balaban J connectivity index is 1.80. The van der Waals surface area contributed by atoms with Crippen LogP contribution in [-0.2, 0) is 4.74 Å². The summed E-state index contributed by atoms with van der Waals surface area (Å²) in [5.74, 6) is 0.428. The first kappa shape index (κ1) is 16.5. The van der Waals surface area contributed by atoms with Crippen molar-refractivity contribution in [2.75, 3.05) is 39.3 Å². The second kappa shape index (κ2) is 6.92. The molecule has 0 aromatic heterocycles. The first-order valence-corrected chi connectivity index (χ1v) is 8.25. The molecule has 2 fully saturated rings. The maximum Gasteiger partial charge on any atom is 0.410 e. The SMILES string of the molecule is CC(C)(C)OC(=O)N1CCC(C(=S)N2CCNCC2)CC1. The highest BCUT2D eigenvalue weighted by molar-refractivity contribution is 7.80. The number of thiocarbonyl (C=S) groups is 1. The van der Waals surface area contributed by atoms with E-state index in [1.807, 2.05) is 25.7 Å². The van der Waals surface area contributed by atoms with Gasteiger partial charge in [-0.3, -0.25) is 0 Å². The molecule has 0 unspecified atom stereocenters. The summed E-state index contributed by atoms with van der Waals surface area (Å²) in [6, 6.07) is 0. The Morgan fingerprint density at radius 1 is 1.10 bits per heavy atom. The minimum absolute atomic E-state index is 0.200. The van der Waals surface area contributed by atoms with E-state index in [1.54, 1.807) is 0 Å². The van der Waals surface area contributed by atoms with E-state index >= 15 is 0 Å². The van der Waals surface area contributed by atoms with E-state index in [0.717, 1.165) is 57.1 Å². The van der Waals surface area contributed by atoms with Crippen LogP contribution in [0.5, 0.6) is 0 Å². The molecule has 2 aliphatic heterocycles. The lowest BCUT2D eigenvalue weighted by atomic mass is 9.96. The van der Waals surface area contributed by atoms with Crippen LogP contribution in [0.1, 0.15) is 33.6 Å². The maximum atomic E-state index is 12.0. The second-order valence-electron chi connectivity index (χ2n) is 6.82. The number of hydrogen-bond donors (Lipinski definition) is 1. The Labute approximate surface area is 133 Å². The van der Waals surface area contributed by atoms with Gasteiger partial charge in [-0.15, -0.1) is 0 Å². The van der Waals surface area contributed by atoms with Gasteiger partial charge in [0.25, 0.3) is 0 Å². The highest BCUT2D eigenvalue weighted by Crippen LogP contribution is 2.22. The molecule has 2 rings (SSSR count). The molecular formula is C15H27N3O2S. The van der Waals surface area contributed by atoms with Gasteiger partial charge in [0.1, 0.15) is 5.60 Å². The third kappa shape index (κ3) is 4.81. The summed E-state index contributed by atoms with van der Waals surface area (Å²) in [6.45, 7) is 11.2. The van der Waals surface area contributed by atoms with Gasteiger partial charge < -0.3 is 19.9 Å². The number of hydrogen-bond acceptors (Lipinski definition) is 4. The Morgan fingerprint density at radius 3 is 2.19 bits per heavy atom. The molecule has 2 aliphatic rings. The molecule has 5 nitrogen and oxygen atoms in total. The van der Waals surface area contributed by atoms with Crippen molar-refractivity contribution in [1.29, 1.82) is 0 Å². The van der Waals surface area contributed by atoms with Gasteiger partial charge in [0.15, 0.2) is 0 Å². The largest absolute Gasteiger partial charge is 0.444 e. The summed E-state index contributed by atoms with van der Waals surface area (Å²) in [6.07, 6.45) is 1.69. The van der Waals surface area contributed by atoms with Crippen LogP contribution in [0.2, 0.25) is 0 Å². The standard InChI is InChI=1S/C15H27N3O2S/c1-15(2,3)20-14(19)18-8-4-12(5-9-18)13(21)17-10-6-16-7-11-17/h12,16H,4-11H2,1-3H3. The van der Waals surface area contributed by atoms with Crippen molar-refractivity contribution in [3.8, 4) is 0 Å². The van der Waals surface area contributed by atoms with Crippen molar-refractivity contribution in [3.63, 3.8) is 0 Å². The fourth-order valence-electron chi connectivity index (χ4n) is 2.78. The Hall–Kier alpha value is -0.880. The van der Waals surface area contributed by atoms with E-state index in [4.69, 9.17) is 17.0 Å². The maximum absolute atomic E-state index is 12.0. The lowest BCUT2D eigenvalue weighted by molar-refractivity contribution is 0.0200. The van der Waals surface area contributed by atoms with E-state index in [0.29, 0.717) is 5.92 Å². The predicted octanol–water partition coefficient (Wildman–Crippen LogP) is 1.87. The lowest BCUT2D eigenvalue weighted by Gasteiger charge is -2.38. The number of nitrogens with zero attached hydrogens (tertiary/aromatic N) is 2. The van der Waals surface area contributed by atoms with Crippen LogP contribution in [0.25, 0.3) is 0 Å². The summed E-state index contributed by atoms with van der Waals surface area (Å²) < 4.78 is 5.42. The van der Waals surface area contributed by atoms with Crippen molar-refractivity contribution in [3.05, 3.63) is 0 Å². The van der Waals surface area contributed by atoms with Crippen LogP contribution < -0.4 is 5.32 Å². The molecule has 2 saturated heterocycles. The molecule has 0 aromatic rings. The van der Waals surface area contributed by atoms with Gasteiger partial charge in [0.2, 0.25) is 0 Å². The number of likely N-dealkylation sites (tertiary alicyclic amines) is 1. The first-order chi connectivity index (χ1) is 9.87. The van der Waals surface area contributed by atoms with Gasteiger partial charge in [0, 0.05) is 45.2 Å². The molecule has 1 N–H and O–H groups in total. The molecule has 0 spiro atoms. The van der Waals surface area contributed by atoms with E-state index in [9.17, 15) is 4.79 Å². The van der Waals surface area contributed by atoms with Gasteiger partial charge in [-0.05, 0) is 33.6 Å². The molecule has 0 aromatic carbocycles. The molecule has 6 heteroatoms. The Kier molecular flexibility index (Phi) is 5.43. The average Bonchev–Trinajstić information content (AvgIpc) is 2.46. The summed E-state index contributed by atoms with van der Waals surface area (Å²) in [5, 5.41) is 3.35. The van der Waals surface area contributed by atoms with Gasteiger partial charge >= 0.3 is 6.09 Å². The molecule has 120 valence electrons. The topological polar surface area (TPSA) is 44.8 Å². The molecule has 0 aliphatic carbocycles. The summed E-state index contributed by atoms with van der Waals surface area (Å²) >= 11 is 5.65. The predicted molar refractivity (Wildman–Crippen MR) is 87.6 cm³/mol. The van der Waals surface area contributed by atoms with Crippen LogP contribution in [0.3, 0.4) is 0 Å². The summed E-state index contributed by atoms with van der Waals surface area (Å²) in [5.41, 5.74) is -0.427. The number of nitrogens with one attached hydrogen (secondary N) is 1. The van der Waals surface area contributed by atoms with E-state index in [-0.39, 0.29) is 6.09 Å². The molecule has 21 heavy (non-hydrogen) atoms. The van der Waals surface area contributed by atoms with Gasteiger partial charge in [0.05, 0.1) is 4.99 Å². The molecular weight excluding hydrogens is 286 g/mol. The average molecular weight is 313 g/mol. The summed E-state index contributed by atoms with van der Waals surface area (Å²) in [4.78, 5) is 17.3. The zero-order valence-electron chi connectivity index (χ0n) is 13.4. The summed E-state index contributed by atoms with van der Waals surface area (Å²) in [7, 11) is 0. The first-order valence-electron chi connectivity index (χ1n) is 7.84. The van der Waals surface area contributed by atoms with Crippen molar-refractivity contribution < 1.29 is 9.53 Å². The quantitative estimate of drug-likeness (QED) is 0.749. The number of piperazine rings is 1. The van der Waals surface area contributed by atoms with Crippen LogP contribution in [0, 0.1) is 5.92 Å². The van der Waals surface area contributed by atoms with Crippen molar-refractivity contribution in [1.82, 2.24) is 15.1 Å². The van der Waals surface area contributed by atoms with E-state index < -0.39 is 5.60 Å². The molecule has 1 amide bonds. The monoisotopic (exact) mass is 313 g/mol. The van der Waals surface area contributed by atoms with Crippen molar-refractivity contribution in [2.24, 2.45) is 5.92 Å². The smallest absolute Gasteiger partial charge is 0.410 e. The molecule has 0 saturated carbocycles. The van der Waals surface area contributed by atoms with Crippen LogP contribution in [0.4, 0.5) is 4.79 Å².